The Balaban J connectivity index is 1.73. The fourth-order valence-electron chi connectivity index (χ4n) is 3.59. The lowest BCUT2D eigenvalue weighted by molar-refractivity contribution is 0.0937. The van der Waals surface area contributed by atoms with E-state index in [0.29, 0.717) is 10.6 Å². The number of likely N-dealkylation sites (tertiary alicyclic amines) is 1. The molecule has 1 aliphatic heterocycles. The van der Waals surface area contributed by atoms with Crippen LogP contribution < -0.4 is 10.0 Å². The molecule has 164 valence electrons. The summed E-state index contributed by atoms with van der Waals surface area (Å²) in [7, 11) is -3.73. The van der Waals surface area contributed by atoms with Crippen molar-refractivity contribution >= 4 is 27.5 Å². The molecule has 0 aromatic heterocycles. The highest BCUT2D eigenvalue weighted by Gasteiger charge is 2.28. The molecule has 1 aliphatic rings. The first-order valence-corrected chi connectivity index (χ1v) is 11.7. The van der Waals surface area contributed by atoms with E-state index >= 15 is 0 Å². The van der Waals surface area contributed by atoms with Gasteiger partial charge in [-0.2, -0.15) is 4.72 Å². The Morgan fingerprint density at radius 1 is 1.19 bits per heavy atom. The van der Waals surface area contributed by atoms with Gasteiger partial charge in [0.2, 0.25) is 10.0 Å². The van der Waals surface area contributed by atoms with Crippen molar-refractivity contribution in [1.82, 2.24) is 14.9 Å². The Morgan fingerprint density at radius 2 is 1.87 bits per heavy atom. The maximum absolute atomic E-state index is 14.5. The zero-order valence-corrected chi connectivity index (χ0v) is 18.3. The molecular formula is C22H23ClFN3O3S. The molecule has 1 heterocycles. The van der Waals surface area contributed by atoms with Crippen molar-refractivity contribution in [2.75, 3.05) is 26.2 Å². The van der Waals surface area contributed by atoms with E-state index < -0.39 is 27.8 Å². The van der Waals surface area contributed by atoms with Crippen LogP contribution in [0.15, 0.2) is 47.4 Å². The van der Waals surface area contributed by atoms with Crippen LogP contribution in [0.3, 0.4) is 0 Å². The second kappa shape index (κ2) is 10.2. The molecule has 2 aromatic rings. The first-order chi connectivity index (χ1) is 14.8. The molecule has 0 bridgehead atoms. The van der Waals surface area contributed by atoms with Crippen molar-refractivity contribution in [2.24, 2.45) is 0 Å². The number of hydrogen-bond donors (Lipinski definition) is 2. The number of amides is 1. The number of nitrogens with one attached hydrogen (secondary N) is 2. The molecular weight excluding hydrogens is 441 g/mol. The Labute approximate surface area is 186 Å². The first-order valence-electron chi connectivity index (χ1n) is 9.83. The largest absolute Gasteiger partial charge is 0.350 e. The molecule has 0 saturated carbocycles. The summed E-state index contributed by atoms with van der Waals surface area (Å²) in [6.07, 6.45) is 7.08. The molecule has 2 aromatic carbocycles. The van der Waals surface area contributed by atoms with Gasteiger partial charge in [0.15, 0.2) is 0 Å². The number of hydrogen-bond acceptors (Lipinski definition) is 4. The Hall–Kier alpha value is -2.44. The molecule has 1 amide bonds. The summed E-state index contributed by atoms with van der Waals surface area (Å²) >= 11 is 6.28. The minimum atomic E-state index is -3.73. The van der Waals surface area contributed by atoms with E-state index in [1.54, 1.807) is 12.1 Å². The minimum absolute atomic E-state index is 0.00683. The van der Waals surface area contributed by atoms with Crippen LogP contribution in [0.25, 0.3) is 0 Å². The van der Waals surface area contributed by atoms with Crippen LogP contribution in [0.2, 0.25) is 5.02 Å². The predicted molar refractivity (Wildman–Crippen MR) is 118 cm³/mol. The topological polar surface area (TPSA) is 78.5 Å². The van der Waals surface area contributed by atoms with Gasteiger partial charge in [-0.15, -0.1) is 6.42 Å². The quantitative estimate of drug-likeness (QED) is 0.590. The van der Waals surface area contributed by atoms with Gasteiger partial charge in [-0.1, -0.05) is 23.6 Å². The zero-order chi connectivity index (χ0) is 22.4. The van der Waals surface area contributed by atoms with E-state index in [-0.39, 0.29) is 23.5 Å². The standard InChI is InChI=1S/C22H23ClFN3O3S/c1-2-12-26-31(29,30)17-10-8-16(9-11-17)22(28)25-15-20(27-13-3-4-14-27)21-18(23)6-5-7-19(21)24/h1,5-11,20,26H,3-4,12-15H2,(H,25,28)/t20-/m0/s1. The van der Waals surface area contributed by atoms with Gasteiger partial charge in [-0.3, -0.25) is 9.69 Å². The number of halogens is 2. The number of carbonyl (C=O) groups excluding carboxylic acids is 1. The number of carbonyl (C=O) groups is 1. The molecule has 0 unspecified atom stereocenters. The van der Waals surface area contributed by atoms with Gasteiger partial charge >= 0.3 is 0 Å². The highest BCUT2D eigenvalue weighted by atomic mass is 35.5. The molecule has 2 N–H and O–H groups in total. The smallest absolute Gasteiger partial charge is 0.251 e. The van der Waals surface area contributed by atoms with Crippen molar-refractivity contribution in [1.29, 1.82) is 0 Å². The van der Waals surface area contributed by atoms with Gasteiger partial charge in [0, 0.05) is 22.7 Å². The molecule has 0 aliphatic carbocycles. The van der Waals surface area contributed by atoms with Crippen LogP contribution in [-0.4, -0.2) is 45.4 Å². The lowest BCUT2D eigenvalue weighted by atomic mass is 10.0. The van der Waals surface area contributed by atoms with Crippen molar-refractivity contribution in [3.05, 3.63) is 64.4 Å². The number of sulfonamides is 1. The van der Waals surface area contributed by atoms with Crippen molar-refractivity contribution in [3.63, 3.8) is 0 Å². The average Bonchev–Trinajstić information content (AvgIpc) is 3.29. The zero-order valence-electron chi connectivity index (χ0n) is 16.8. The van der Waals surface area contributed by atoms with E-state index in [1.165, 1.54) is 30.3 Å². The molecule has 9 heteroatoms. The summed E-state index contributed by atoms with van der Waals surface area (Å²) in [4.78, 5) is 14.8. The van der Waals surface area contributed by atoms with Crippen LogP contribution in [-0.2, 0) is 10.0 Å². The first kappa shape index (κ1) is 23.2. The van der Waals surface area contributed by atoms with E-state index in [9.17, 15) is 17.6 Å². The molecule has 0 radical (unpaired) electrons. The predicted octanol–water partition coefficient (Wildman–Crippen LogP) is 2.96. The van der Waals surface area contributed by atoms with E-state index in [1.807, 2.05) is 0 Å². The lowest BCUT2D eigenvalue weighted by Gasteiger charge is -2.29. The number of terminal acetylenes is 1. The van der Waals surface area contributed by atoms with E-state index in [4.69, 9.17) is 18.0 Å². The van der Waals surface area contributed by atoms with Crippen molar-refractivity contribution in [2.45, 2.75) is 23.8 Å². The molecule has 6 nitrogen and oxygen atoms in total. The number of rotatable bonds is 8. The van der Waals surface area contributed by atoms with Crippen LogP contribution in [0, 0.1) is 18.2 Å². The normalized spacial score (nSPS) is 15.4. The van der Waals surface area contributed by atoms with Crippen molar-refractivity contribution < 1.29 is 17.6 Å². The molecule has 1 saturated heterocycles. The number of benzene rings is 2. The highest BCUT2D eigenvalue weighted by Crippen LogP contribution is 2.32. The Morgan fingerprint density at radius 3 is 2.48 bits per heavy atom. The third kappa shape index (κ3) is 5.63. The third-order valence-electron chi connectivity index (χ3n) is 5.16. The lowest BCUT2D eigenvalue weighted by Crippen LogP contribution is -2.37. The summed E-state index contributed by atoms with van der Waals surface area (Å²) in [6, 6.07) is 9.65. The van der Waals surface area contributed by atoms with Crippen LogP contribution in [0.4, 0.5) is 4.39 Å². The molecule has 1 fully saturated rings. The molecule has 3 rings (SSSR count). The van der Waals surface area contributed by atoms with E-state index in [2.05, 4.69) is 20.9 Å². The van der Waals surface area contributed by atoms with Crippen molar-refractivity contribution in [3.8, 4) is 12.3 Å². The number of nitrogens with zero attached hydrogens (tertiary/aromatic N) is 1. The molecule has 31 heavy (non-hydrogen) atoms. The third-order valence-corrected chi connectivity index (χ3v) is 6.91. The summed E-state index contributed by atoms with van der Waals surface area (Å²) in [6.45, 7) is 1.63. The van der Waals surface area contributed by atoms with Crippen LogP contribution in [0.5, 0.6) is 0 Å². The molecule has 1 atom stereocenters. The maximum atomic E-state index is 14.5. The fourth-order valence-corrected chi connectivity index (χ4v) is 4.82. The molecule has 0 spiro atoms. The van der Waals surface area contributed by atoms with Gasteiger partial charge in [0.05, 0.1) is 17.5 Å². The summed E-state index contributed by atoms with van der Waals surface area (Å²) in [5.41, 5.74) is 0.656. The van der Waals surface area contributed by atoms with Gasteiger partial charge in [-0.05, 0) is 62.3 Å². The summed E-state index contributed by atoms with van der Waals surface area (Å²) in [5, 5.41) is 3.14. The van der Waals surface area contributed by atoms with Gasteiger partial charge in [0.1, 0.15) is 5.82 Å². The summed E-state index contributed by atoms with van der Waals surface area (Å²) in [5.74, 6) is 1.40. The maximum Gasteiger partial charge on any atom is 0.251 e. The van der Waals surface area contributed by atoms with Crippen LogP contribution in [0.1, 0.15) is 34.8 Å². The minimum Gasteiger partial charge on any atom is -0.350 e. The van der Waals surface area contributed by atoms with Gasteiger partial charge < -0.3 is 5.32 Å². The SMILES string of the molecule is C#CCNS(=O)(=O)c1ccc(C(=O)NC[C@@H](c2c(F)cccc2Cl)N2CCCC2)cc1. The summed E-state index contributed by atoms with van der Waals surface area (Å²) < 4.78 is 41.0. The monoisotopic (exact) mass is 463 g/mol. The van der Waals surface area contributed by atoms with E-state index in [0.717, 1.165) is 25.9 Å². The Bertz CT molecular complexity index is 1060. The highest BCUT2D eigenvalue weighted by molar-refractivity contribution is 7.89. The second-order valence-electron chi connectivity index (χ2n) is 7.16. The Kier molecular flexibility index (Phi) is 7.68. The second-order valence-corrected chi connectivity index (χ2v) is 9.33. The average molecular weight is 464 g/mol. The fraction of sp³-hybridized carbons (Fsp3) is 0.318. The van der Waals surface area contributed by atoms with Gasteiger partial charge in [0.25, 0.3) is 5.91 Å². The van der Waals surface area contributed by atoms with Crippen LogP contribution >= 0.6 is 11.6 Å². The van der Waals surface area contributed by atoms with Gasteiger partial charge in [-0.25, -0.2) is 12.8 Å².